The molecule has 2 heterocycles. The fourth-order valence-electron chi connectivity index (χ4n) is 3.42. The van der Waals surface area contributed by atoms with E-state index in [2.05, 4.69) is 16.2 Å². The zero-order chi connectivity index (χ0) is 22.2. The van der Waals surface area contributed by atoms with Gasteiger partial charge in [-0.15, -0.1) is 0 Å². The quantitative estimate of drug-likeness (QED) is 0.493. The lowest BCUT2D eigenvalue weighted by molar-refractivity contribution is -0.152. The molecule has 9 heteroatoms. The van der Waals surface area contributed by atoms with Gasteiger partial charge in [-0.3, -0.25) is 4.68 Å². The molecule has 0 saturated heterocycles. The fourth-order valence-corrected chi connectivity index (χ4v) is 3.42. The van der Waals surface area contributed by atoms with Crippen LogP contribution in [-0.4, -0.2) is 41.1 Å². The first-order valence-electron chi connectivity index (χ1n) is 9.86. The Hall–Kier alpha value is -3.64. The number of fused-ring (bicyclic) bond motifs is 1. The van der Waals surface area contributed by atoms with E-state index >= 15 is 0 Å². The second-order valence-electron chi connectivity index (χ2n) is 6.96. The first kappa shape index (κ1) is 22.1. The van der Waals surface area contributed by atoms with Gasteiger partial charge < -0.3 is 19.9 Å². The van der Waals surface area contributed by atoms with Crippen LogP contribution in [0, 0.1) is 11.3 Å². The normalized spacial score (nSPS) is 12.8. The number of hydrogen-bond acceptors (Lipinski definition) is 8. The van der Waals surface area contributed by atoms with Crippen molar-refractivity contribution in [3.63, 3.8) is 0 Å². The minimum Gasteiger partial charge on any atom is -0.472 e. The van der Waals surface area contributed by atoms with Crippen LogP contribution in [0.4, 0.5) is 5.82 Å². The third kappa shape index (κ3) is 5.10. The highest BCUT2D eigenvalue weighted by molar-refractivity contribution is 5.93. The molecule has 0 bridgehead atoms. The molecule has 0 saturated carbocycles. The molecule has 162 valence electrons. The maximum atomic E-state index is 11.8. The van der Waals surface area contributed by atoms with Crippen molar-refractivity contribution in [2.24, 2.45) is 0 Å². The van der Waals surface area contributed by atoms with Crippen molar-refractivity contribution in [3.8, 4) is 11.9 Å². The Balaban J connectivity index is 1.86. The Bertz CT molecular complexity index is 1060. The highest BCUT2D eigenvalue weighted by atomic mass is 16.6. The molecule has 0 aliphatic carbocycles. The number of ether oxygens (including phenoxy) is 3. The van der Waals surface area contributed by atoms with Crippen LogP contribution in [0.3, 0.4) is 0 Å². The number of esters is 1. The topological polar surface area (TPSA) is 125 Å². The van der Waals surface area contributed by atoms with Crippen molar-refractivity contribution in [3.05, 3.63) is 48.2 Å². The van der Waals surface area contributed by atoms with Gasteiger partial charge in [-0.25, -0.2) is 9.78 Å². The van der Waals surface area contributed by atoms with Crippen LogP contribution in [0.2, 0.25) is 0 Å². The predicted molar refractivity (Wildman–Crippen MR) is 114 cm³/mol. The van der Waals surface area contributed by atoms with E-state index in [0.29, 0.717) is 36.2 Å². The Kier molecular flexibility index (Phi) is 7.40. The van der Waals surface area contributed by atoms with E-state index < -0.39 is 12.1 Å². The molecule has 0 radical (unpaired) electrons. The largest absolute Gasteiger partial charge is 0.472 e. The molecule has 0 aliphatic rings. The van der Waals surface area contributed by atoms with Gasteiger partial charge in [0.15, 0.2) is 11.9 Å². The van der Waals surface area contributed by atoms with E-state index in [0.717, 1.165) is 5.56 Å². The minimum atomic E-state index is -0.711. The van der Waals surface area contributed by atoms with Crippen LogP contribution in [0.25, 0.3) is 10.9 Å². The summed E-state index contributed by atoms with van der Waals surface area (Å²) in [7, 11) is 2.76. The SMILES string of the molecule is COC(=O)C(CCC(CC#N)n1nc(N)c2c(OCc3ccccc3)nccc21)OC. The summed E-state index contributed by atoms with van der Waals surface area (Å²) in [5, 5.41) is 14.4. The van der Waals surface area contributed by atoms with E-state index in [1.54, 1.807) is 16.9 Å². The van der Waals surface area contributed by atoms with E-state index in [9.17, 15) is 10.1 Å². The number of rotatable bonds is 10. The molecule has 0 amide bonds. The summed E-state index contributed by atoms with van der Waals surface area (Å²) in [4.78, 5) is 16.1. The maximum Gasteiger partial charge on any atom is 0.334 e. The lowest BCUT2D eigenvalue weighted by Crippen LogP contribution is -2.25. The zero-order valence-electron chi connectivity index (χ0n) is 17.5. The van der Waals surface area contributed by atoms with Crippen LogP contribution < -0.4 is 10.5 Å². The van der Waals surface area contributed by atoms with Crippen molar-refractivity contribution in [1.29, 1.82) is 5.26 Å². The average molecular weight is 423 g/mol. The van der Waals surface area contributed by atoms with Gasteiger partial charge in [0.1, 0.15) is 12.0 Å². The minimum absolute atomic E-state index is 0.191. The number of nitrogens with zero attached hydrogens (tertiary/aromatic N) is 4. The van der Waals surface area contributed by atoms with Crippen molar-refractivity contribution < 1.29 is 19.0 Å². The molecule has 2 N–H and O–H groups in total. The molecular formula is C22H25N5O4. The number of methoxy groups -OCH3 is 2. The molecule has 2 aromatic heterocycles. The smallest absolute Gasteiger partial charge is 0.334 e. The Morgan fingerprint density at radius 1 is 1.23 bits per heavy atom. The van der Waals surface area contributed by atoms with Crippen LogP contribution in [0.1, 0.15) is 30.9 Å². The van der Waals surface area contributed by atoms with E-state index in [-0.39, 0.29) is 18.3 Å². The first-order chi connectivity index (χ1) is 15.1. The van der Waals surface area contributed by atoms with Crippen LogP contribution in [0.5, 0.6) is 5.88 Å². The lowest BCUT2D eigenvalue weighted by Gasteiger charge is -2.18. The number of nitriles is 1. The number of nitrogens with two attached hydrogens (primary N) is 1. The van der Waals surface area contributed by atoms with E-state index in [1.165, 1.54) is 14.2 Å². The number of anilines is 1. The van der Waals surface area contributed by atoms with Gasteiger partial charge in [0.05, 0.1) is 31.2 Å². The average Bonchev–Trinajstić information content (AvgIpc) is 3.14. The molecule has 31 heavy (non-hydrogen) atoms. The number of carbonyl (C=O) groups excluding carboxylic acids is 1. The number of pyridine rings is 1. The summed E-state index contributed by atoms with van der Waals surface area (Å²) >= 11 is 0. The van der Waals surface area contributed by atoms with Gasteiger partial charge in [-0.05, 0) is 24.5 Å². The Morgan fingerprint density at radius 2 is 2.00 bits per heavy atom. The summed E-state index contributed by atoms with van der Waals surface area (Å²) in [6.45, 7) is 0.341. The molecule has 0 spiro atoms. The van der Waals surface area contributed by atoms with E-state index in [4.69, 9.17) is 19.9 Å². The third-order valence-corrected chi connectivity index (χ3v) is 5.01. The number of aromatic nitrogens is 3. The second kappa shape index (κ2) is 10.4. The Morgan fingerprint density at radius 3 is 2.68 bits per heavy atom. The molecule has 3 aromatic rings. The van der Waals surface area contributed by atoms with Crippen molar-refractivity contribution in [2.45, 2.75) is 38.0 Å². The number of carbonyl (C=O) groups is 1. The van der Waals surface area contributed by atoms with E-state index in [1.807, 2.05) is 30.3 Å². The summed E-state index contributed by atoms with van der Waals surface area (Å²) < 4.78 is 17.6. The van der Waals surface area contributed by atoms with Gasteiger partial charge in [0, 0.05) is 13.3 Å². The zero-order valence-corrected chi connectivity index (χ0v) is 17.5. The maximum absolute atomic E-state index is 11.8. The molecule has 9 nitrogen and oxygen atoms in total. The number of benzene rings is 1. The number of nitrogen functional groups attached to an aromatic ring is 1. The molecule has 2 atom stereocenters. The summed E-state index contributed by atoms with van der Waals surface area (Å²) in [5.41, 5.74) is 7.91. The van der Waals surface area contributed by atoms with Gasteiger partial charge in [0.2, 0.25) is 5.88 Å². The highest BCUT2D eigenvalue weighted by Crippen LogP contribution is 2.33. The van der Waals surface area contributed by atoms with Gasteiger partial charge in [-0.2, -0.15) is 10.4 Å². The van der Waals surface area contributed by atoms with Gasteiger partial charge in [0.25, 0.3) is 0 Å². The van der Waals surface area contributed by atoms with Crippen LogP contribution in [-0.2, 0) is 20.9 Å². The molecule has 0 aliphatic heterocycles. The molecule has 3 rings (SSSR count). The Labute approximate surface area is 180 Å². The van der Waals surface area contributed by atoms with Crippen molar-refractivity contribution in [2.75, 3.05) is 20.0 Å². The highest BCUT2D eigenvalue weighted by Gasteiger charge is 2.24. The lowest BCUT2D eigenvalue weighted by atomic mass is 10.1. The van der Waals surface area contributed by atoms with Crippen LogP contribution in [0.15, 0.2) is 42.6 Å². The monoisotopic (exact) mass is 423 g/mol. The summed E-state index contributed by atoms with van der Waals surface area (Å²) in [6.07, 6.45) is 1.95. The predicted octanol–water partition coefficient (Wildman–Crippen LogP) is 3.02. The second-order valence-corrected chi connectivity index (χ2v) is 6.96. The molecule has 2 unspecified atom stereocenters. The number of hydrogen-bond donors (Lipinski definition) is 1. The molecule has 1 aromatic carbocycles. The summed E-state index contributed by atoms with van der Waals surface area (Å²) in [6, 6.07) is 13.4. The van der Waals surface area contributed by atoms with Crippen LogP contribution >= 0.6 is 0 Å². The van der Waals surface area contributed by atoms with Gasteiger partial charge >= 0.3 is 5.97 Å². The summed E-state index contributed by atoms with van der Waals surface area (Å²) in [5.74, 6) is 0.194. The fraction of sp³-hybridized carbons (Fsp3) is 0.364. The van der Waals surface area contributed by atoms with Crippen molar-refractivity contribution >= 4 is 22.7 Å². The third-order valence-electron chi connectivity index (χ3n) is 5.01. The van der Waals surface area contributed by atoms with Gasteiger partial charge in [-0.1, -0.05) is 30.3 Å². The standard InChI is InChI=1S/C22H25N5O4/c1-29-18(22(28)30-2)9-8-16(10-12-23)27-17-11-13-25-21(19(17)20(24)26-27)31-14-15-6-4-3-5-7-15/h3-7,11,13,16,18H,8-10,14H2,1-2H3,(H2,24,26). The first-order valence-corrected chi connectivity index (χ1v) is 9.86. The molecular weight excluding hydrogens is 398 g/mol. The molecule has 0 fully saturated rings. The van der Waals surface area contributed by atoms with Crippen molar-refractivity contribution in [1.82, 2.24) is 14.8 Å².